The van der Waals surface area contributed by atoms with Crippen molar-refractivity contribution in [1.82, 2.24) is 29.4 Å². The molecule has 3 aromatic heterocycles. The van der Waals surface area contributed by atoms with Gasteiger partial charge in [-0.15, -0.1) is 0 Å². The van der Waals surface area contributed by atoms with Gasteiger partial charge in [-0.2, -0.15) is 0 Å². The number of aromatic amines is 2. The monoisotopic (exact) mass is 467 g/mol. The van der Waals surface area contributed by atoms with Gasteiger partial charge >= 0.3 is 0 Å². The molecule has 0 fully saturated rings. The van der Waals surface area contributed by atoms with Gasteiger partial charge in [0.2, 0.25) is 0 Å². The van der Waals surface area contributed by atoms with Gasteiger partial charge in [-0.3, -0.25) is 4.79 Å². The lowest BCUT2D eigenvalue weighted by Crippen LogP contribution is -2.13. The van der Waals surface area contributed by atoms with E-state index in [0.717, 1.165) is 41.7 Å². The van der Waals surface area contributed by atoms with E-state index in [9.17, 15) is 4.79 Å². The first-order valence-electron chi connectivity index (χ1n) is 11.7. The molecule has 2 aromatic carbocycles. The van der Waals surface area contributed by atoms with E-state index in [1.807, 2.05) is 16.8 Å². The molecule has 0 aliphatic carbocycles. The average molecular weight is 468 g/mol. The molecule has 178 valence electrons. The molecule has 0 aliphatic heterocycles. The van der Waals surface area contributed by atoms with Gasteiger partial charge in [-0.1, -0.05) is 24.3 Å². The molecule has 0 saturated heterocycles. The molecule has 0 aliphatic rings. The number of nitrogens with two attached hydrogens (primary N) is 1. The van der Waals surface area contributed by atoms with Crippen LogP contribution < -0.4 is 11.3 Å². The van der Waals surface area contributed by atoms with Gasteiger partial charge in [-0.05, 0) is 74.8 Å². The fourth-order valence-electron chi connectivity index (χ4n) is 4.44. The third-order valence-electron chi connectivity index (χ3n) is 6.14. The van der Waals surface area contributed by atoms with E-state index in [4.69, 9.17) is 10.7 Å². The van der Waals surface area contributed by atoms with Crippen molar-refractivity contribution in [3.63, 3.8) is 0 Å². The molecular weight excluding hydrogens is 438 g/mol. The summed E-state index contributed by atoms with van der Waals surface area (Å²) in [5.41, 5.74) is 12.8. The zero-order valence-corrected chi connectivity index (χ0v) is 20.0. The van der Waals surface area contributed by atoms with Crippen LogP contribution in [-0.4, -0.2) is 50.0 Å². The fourth-order valence-corrected chi connectivity index (χ4v) is 4.44. The lowest BCUT2D eigenvalue weighted by atomic mass is 9.99. The summed E-state index contributed by atoms with van der Waals surface area (Å²) in [6, 6.07) is 14.6. The van der Waals surface area contributed by atoms with Crippen molar-refractivity contribution in [3.8, 4) is 17.1 Å². The maximum atomic E-state index is 12.5. The van der Waals surface area contributed by atoms with Crippen LogP contribution in [0.5, 0.6) is 0 Å². The zero-order valence-electron chi connectivity index (χ0n) is 20.0. The molecule has 0 unspecified atom stereocenters. The highest BCUT2D eigenvalue weighted by Crippen LogP contribution is 2.28. The Balaban J connectivity index is 1.56. The summed E-state index contributed by atoms with van der Waals surface area (Å²) in [5.74, 6) is 0.459. The molecule has 0 spiro atoms. The van der Waals surface area contributed by atoms with Gasteiger partial charge < -0.3 is 25.2 Å². The van der Waals surface area contributed by atoms with Crippen molar-refractivity contribution >= 4 is 16.7 Å². The van der Waals surface area contributed by atoms with Crippen molar-refractivity contribution in [2.75, 3.05) is 26.4 Å². The highest BCUT2D eigenvalue weighted by atomic mass is 16.1. The van der Waals surface area contributed by atoms with E-state index in [1.54, 1.807) is 18.6 Å². The second-order valence-corrected chi connectivity index (χ2v) is 9.10. The number of nitrogens with zero attached hydrogens (tertiary/aromatic N) is 4. The number of fused-ring (bicyclic) bond motifs is 1. The molecule has 0 radical (unpaired) electrons. The van der Waals surface area contributed by atoms with Crippen molar-refractivity contribution in [2.45, 2.75) is 19.3 Å². The molecule has 35 heavy (non-hydrogen) atoms. The van der Waals surface area contributed by atoms with Crippen LogP contribution >= 0.6 is 0 Å². The number of anilines is 1. The Labute approximate surface area is 203 Å². The van der Waals surface area contributed by atoms with Crippen molar-refractivity contribution in [1.29, 1.82) is 0 Å². The maximum Gasteiger partial charge on any atom is 0.261 e. The third kappa shape index (κ3) is 4.88. The minimum absolute atomic E-state index is 0.272. The summed E-state index contributed by atoms with van der Waals surface area (Å²) in [5, 5.41) is 0. The second-order valence-electron chi connectivity index (χ2n) is 9.10. The summed E-state index contributed by atoms with van der Waals surface area (Å²) < 4.78 is 1.96. The number of aromatic nitrogens is 5. The van der Waals surface area contributed by atoms with E-state index in [1.165, 1.54) is 17.3 Å². The molecule has 5 rings (SSSR count). The Morgan fingerprint density at radius 2 is 1.97 bits per heavy atom. The number of benzene rings is 2. The molecule has 8 heteroatoms. The number of H-pyrrole nitrogens is 2. The summed E-state index contributed by atoms with van der Waals surface area (Å²) in [6.07, 6.45) is 9.85. The average Bonchev–Trinajstić information content (AvgIpc) is 3.49. The van der Waals surface area contributed by atoms with Crippen LogP contribution in [0, 0.1) is 0 Å². The van der Waals surface area contributed by atoms with Crippen LogP contribution in [0.25, 0.3) is 28.1 Å². The topological polar surface area (TPSA) is 109 Å². The number of hydrogen-bond donors (Lipinski definition) is 3. The van der Waals surface area contributed by atoms with E-state index in [0.29, 0.717) is 23.5 Å². The molecule has 0 saturated carbocycles. The molecule has 0 bridgehead atoms. The van der Waals surface area contributed by atoms with Crippen LogP contribution in [0.15, 0.2) is 72.2 Å². The van der Waals surface area contributed by atoms with E-state index in [2.05, 4.69) is 64.3 Å². The third-order valence-corrected chi connectivity index (χ3v) is 6.14. The Morgan fingerprint density at radius 1 is 1.11 bits per heavy atom. The highest BCUT2D eigenvalue weighted by Gasteiger charge is 2.16. The SMILES string of the molecule is CN(C)CCCc1cccc(Cc2cc(-n3ccnc3)cc3[nH]c(-c4c(N)cc[nH]c4=O)nc23)c1. The van der Waals surface area contributed by atoms with Gasteiger partial charge in [0, 0.05) is 30.0 Å². The molecular formula is C27H29N7O. The standard InChI is InChI=1S/C27H29N7O/c1-33(2)11-4-7-18-5-3-6-19(13-18)14-20-15-21(34-12-10-29-17-34)16-23-25(20)32-26(31-23)24-22(28)8-9-30-27(24)35/h3,5-6,8-10,12-13,15-17H,4,7,11,14H2,1-2H3,(H,31,32)(H3,28,30,35). The van der Waals surface area contributed by atoms with Gasteiger partial charge in [0.15, 0.2) is 0 Å². The number of imidazole rings is 2. The molecule has 5 aromatic rings. The molecule has 4 N–H and O–H groups in total. The molecule has 0 atom stereocenters. The lowest BCUT2D eigenvalue weighted by molar-refractivity contribution is 0.400. The quantitative estimate of drug-likeness (QED) is 0.322. The Bertz CT molecular complexity index is 1510. The number of rotatable bonds is 8. The predicted molar refractivity (Wildman–Crippen MR) is 140 cm³/mol. The highest BCUT2D eigenvalue weighted by molar-refractivity contribution is 5.86. The Hall–Kier alpha value is -4.17. The normalized spacial score (nSPS) is 11.5. The van der Waals surface area contributed by atoms with Crippen molar-refractivity contribution < 1.29 is 0 Å². The first kappa shape index (κ1) is 22.6. The zero-order chi connectivity index (χ0) is 24.4. The van der Waals surface area contributed by atoms with Crippen LogP contribution in [0.4, 0.5) is 5.69 Å². The van der Waals surface area contributed by atoms with Gasteiger partial charge in [0.05, 0.1) is 17.4 Å². The fraction of sp³-hybridized carbons (Fsp3) is 0.222. The minimum atomic E-state index is -0.272. The van der Waals surface area contributed by atoms with Crippen LogP contribution in [0.3, 0.4) is 0 Å². The second kappa shape index (κ2) is 9.60. The summed E-state index contributed by atoms with van der Waals surface area (Å²) >= 11 is 0. The van der Waals surface area contributed by atoms with Crippen LogP contribution in [0.1, 0.15) is 23.1 Å². The first-order chi connectivity index (χ1) is 17.0. The number of nitrogens with one attached hydrogen (secondary N) is 2. The first-order valence-corrected chi connectivity index (χ1v) is 11.7. The van der Waals surface area contributed by atoms with Crippen molar-refractivity contribution in [2.24, 2.45) is 0 Å². The maximum absolute atomic E-state index is 12.5. The largest absolute Gasteiger partial charge is 0.398 e. The summed E-state index contributed by atoms with van der Waals surface area (Å²) in [6.45, 7) is 1.07. The van der Waals surface area contributed by atoms with Gasteiger partial charge in [-0.25, -0.2) is 9.97 Å². The van der Waals surface area contributed by atoms with Crippen molar-refractivity contribution in [3.05, 3.63) is 94.4 Å². The predicted octanol–water partition coefficient (Wildman–Crippen LogP) is 3.77. The van der Waals surface area contributed by atoms with E-state index >= 15 is 0 Å². The molecule has 3 heterocycles. The minimum Gasteiger partial charge on any atom is -0.398 e. The number of pyridine rings is 1. The van der Waals surface area contributed by atoms with Gasteiger partial charge in [0.1, 0.15) is 11.4 Å². The van der Waals surface area contributed by atoms with Gasteiger partial charge in [0.25, 0.3) is 5.56 Å². The molecule has 0 amide bonds. The summed E-state index contributed by atoms with van der Waals surface area (Å²) in [7, 11) is 4.20. The van der Waals surface area contributed by atoms with Crippen LogP contribution in [-0.2, 0) is 12.8 Å². The van der Waals surface area contributed by atoms with Crippen LogP contribution in [0.2, 0.25) is 0 Å². The number of nitrogen functional groups attached to an aromatic ring is 1. The summed E-state index contributed by atoms with van der Waals surface area (Å²) in [4.78, 5) is 29.7. The number of aryl methyl sites for hydroxylation is 1. The Morgan fingerprint density at radius 3 is 2.74 bits per heavy atom. The Kier molecular flexibility index (Phi) is 6.20. The molecule has 8 nitrogen and oxygen atoms in total. The van der Waals surface area contributed by atoms with E-state index in [-0.39, 0.29) is 5.56 Å². The van der Waals surface area contributed by atoms with E-state index < -0.39 is 0 Å². The number of hydrogen-bond acceptors (Lipinski definition) is 5. The smallest absolute Gasteiger partial charge is 0.261 e. The lowest BCUT2D eigenvalue weighted by Gasteiger charge is -2.11.